The SMILES string of the molecule is Cc1nnc(CNCC2CC2)n1C1CCCCC1. The molecule has 1 aromatic rings. The first-order chi connectivity index (χ1) is 8.84. The van der Waals surface area contributed by atoms with Gasteiger partial charge in [0, 0.05) is 6.04 Å². The minimum Gasteiger partial charge on any atom is -0.311 e. The molecule has 2 aliphatic carbocycles. The summed E-state index contributed by atoms with van der Waals surface area (Å²) in [6, 6.07) is 0.645. The Balaban J connectivity index is 1.64. The molecule has 18 heavy (non-hydrogen) atoms. The van der Waals surface area contributed by atoms with Gasteiger partial charge in [-0.05, 0) is 45.1 Å². The van der Waals surface area contributed by atoms with Gasteiger partial charge < -0.3 is 9.88 Å². The average molecular weight is 248 g/mol. The highest BCUT2D eigenvalue weighted by atomic mass is 15.3. The molecule has 2 fully saturated rings. The average Bonchev–Trinajstić information content (AvgIpc) is 3.14. The number of nitrogens with zero attached hydrogens (tertiary/aromatic N) is 3. The first-order valence-corrected chi connectivity index (χ1v) is 7.45. The second kappa shape index (κ2) is 5.39. The molecule has 1 aromatic heterocycles. The van der Waals surface area contributed by atoms with Crippen LogP contribution in [0.3, 0.4) is 0 Å². The third-order valence-electron chi connectivity index (χ3n) is 4.29. The summed E-state index contributed by atoms with van der Waals surface area (Å²) in [5, 5.41) is 12.2. The van der Waals surface area contributed by atoms with Crippen LogP contribution in [0.5, 0.6) is 0 Å². The van der Waals surface area contributed by atoms with Crippen LogP contribution >= 0.6 is 0 Å². The highest BCUT2D eigenvalue weighted by Gasteiger charge is 2.23. The van der Waals surface area contributed by atoms with Crippen molar-refractivity contribution in [3.8, 4) is 0 Å². The van der Waals surface area contributed by atoms with Crippen LogP contribution in [0.4, 0.5) is 0 Å². The molecule has 2 aliphatic rings. The third-order valence-corrected chi connectivity index (χ3v) is 4.29. The van der Waals surface area contributed by atoms with Crippen molar-refractivity contribution >= 4 is 0 Å². The Hall–Kier alpha value is -0.900. The van der Waals surface area contributed by atoms with E-state index in [2.05, 4.69) is 27.0 Å². The van der Waals surface area contributed by atoms with Gasteiger partial charge >= 0.3 is 0 Å². The Kier molecular flexibility index (Phi) is 3.64. The molecule has 1 heterocycles. The van der Waals surface area contributed by atoms with E-state index < -0.39 is 0 Å². The first kappa shape index (κ1) is 12.2. The Morgan fingerprint density at radius 1 is 1.11 bits per heavy atom. The summed E-state index contributed by atoms with van der Waals surface area (Å²) >= 11 is 0. The zero-order chi connectivity index (χ0) is 12.4. The molecular formula is C14H24N4. The van der Waals surface area contributed by atoms with Gasteiger partial charge in [0.2, 0.25) is 0 Å². The van der Waals surface area contributed by atoms with Gasteiger partial charge in [-0.25, -0.2) is 0 Å². The first-order valence-electron chi connectivity index (χ1n) is 7.45. The summed E-state index contributed by atoms with van der Waals surface area (Å²) in [7, 11) is 0. The van der Waals surface area contributed by atoms with Crippen LogP contribution in [0.2, 0.25) is 0 Å². The topological polar surface area (TPSA) is 42.7 Å². The van der Waals surface area contributed by atoms with Gasteiger partial charge in [0.15, 0.2) is 0 Å². The molecule has 4 heteroatoms. The van der Waals surface area contributed by atoms with Crippen molar-refractivity contribution in [1.29, 1.82) is 0 Å². The smallest absolute Gasteiger partial charge is 0.147 e. The zero-order valence-electron chi connectivity index (χ0n) is 11.4. The molecular weight excluding hydrogens is 224 g/mol. The number of rotatable bonds is 5. The summed E-state index contributed by atoms with van der Waals surface area (Å²) in [6.45, 7) is 4.12. The molecule has 0 bridgehead atoms. The lowest BCUT2D eigenvalue weighted by molar-refractivity contribution is 0.338. The van der Waals surface area contributed by atoms with E-state index >= 15 is 0 Å². The van der Waals surface area contributed by atoms with E-state index in [1.54, 1.807) is 0 Å². The monoisotopic (exact) mass is 248 g/mol. The fraction of sp³-hybridized carbons (Fsp3) is 0.857. The normalized spacial score (nSPS) is 21.4. The van der Waals surface area contributed by atoms with Crippen LogP contribution < -0.4 is 5.32 Å². The van der Waals surface area contributed by atoms with E-state index in [1.165, 1.54) is 44.9 Å². The lowest BCUT2D eigenvalue weighted by atomic mass is 9.95. The third kappa shape index (κ3) is 2.74. The highest BCUT2D eigenvalue weighted by molar-refractivity contribution is 4.98. The van der Waals surface area contributed by atoms with E-state index in [-0.39, 0.29) is 0 Å². The predicted octanol–water partition coefficient (Wildman–Crippen LogP) is 2.59. The number of aryl methyl sites for hydroxylation is 1. The highest BCUT2D eigenvalue weighted by Crippen LogP contribution is 2.30. The molecule has 0 aromatic carbocycles. The van der Waals surface area contributed by atoms with Gasteiger partial charge in [0.25, 0.3) is 0 Å². The molecule has 3 rings (SSSR count). The Labute approximate surface area is 109 Å². The molecule has 2 saturated carbocycles. The van der Waals surface area contributed by atoms with Crippen molar-refractivity contribution in [2.24, 2.45) is 5.92 Å². The summed E-state index contributed by atoms with van der Waals surface area (Å²) in [4.78, 5) is 0. The van der Waals surface area contributed by atoms with Crippen molar-refractivity contribution in [3.05, 3.63) is 11.6 Å². The molecule has 0 unspecified atom stereocenters. The van der Waals surface area contributed by atoms with Crippen LogP contribution in [-0.4, -0.2) is 21.3 Å². The van der Waals surface area contributed by atoms with Crippen LogP contribution in [-0.2, 0) is 6.54 Å². The van der Waals surface area contributed by atoms with Crippen LogP contribution in [0, 0.1) is 12.8 Å². The summed E-state index contributed by atoms with van der Waals surface area (Å²) in [6.07, 6.45) is 9.52. The van der Waals surface area contributed by atoms with Crippen molar-refractivity contribution in [2.45, 2.75) is 64.5 Å². The predicted molar refractivity (Wildman–Crippen MR) is 71.3 cm³/mol. The van der Waals surface area contributed by atoms with Gasteiger partial charge in [-0.1, -0.05) is 19.3 Å². The van der Waals surface area contributed by atoms with Crippen molar-refractivity contribution in [1.82, 2.24) is 20.1 Å². The Bertz CT molecular complexity index is 388. The van der Waals surface area contributed by atoms with Crippen molar-refractivity contribution in [2.75, 3.05) is 6.54 Å². The van der Waals surface area contributed by atoms with Gasteiger partial charge in [0.1, 0.15) is 11.6 Å². The van der Waals surface area contributed by atoms with E-state index in [0.717, 1.165) is 30.7 Å². The zero-order valence-corrected chi connectivity index (χ0v) is 11.4. The van der Waals surface area contributed by atoms with Crippen molar-refractivity contribution < 1.29 is 0 Å². The second-order valence-electron chi connectivity index (χ2n) is 5.90. The van der Waals surface area contributed by atoms with Crippen LogP contribution in [0.1, 0.15) is 62.6 Å². The van der Waals surface area contributed by atoms with E-state index in [4.69, 9.17) is 0 Å². The van der Waals surface area contributed by atoms with Crippen LogP contribution in [0.15, 0.2) is 0 Å². The molecule has 0 saturated heterocycles. The minimum atomic E-state index is 0.645. The summed E-state index contributed by atoms with van der Waals surface area (Å²) < 4.78 is 2.39. The Morgan fingerprint density at radius 2 is 1.89 bits per heavy atom. The maximum absolute atomic E-state index is 4.36. The number of nitrogens with one attached hydrogen (secondary N) is 1. The molecule has 1 N–H and O–H groups in total. The molecule has 0 aliphatic heterocycles. The van der Waals surface area contributed by atoms with Crippen molar-refractivity contribution in [3.63, 3.8) is 0 Å². The fourth-order valence-electron chi connectivity index (χ4n) is 3.06. The second-order valence-corrected chi connectivity index (χ2v) is 5.90. The maximum atomic E-state index is 4.36. The standard InChI is InChI=1S/C14H24N4/c1-11-16-17-14(10-15-9-12-7-8-12)18(11)13-5-3-2-4-6-13/h12-13,15H,2-10H2,1H3. The van der Waals surface area contributed by atoms with E-state index in [1.807, 2.05) is 0 Å². The maximum Gasteiger partial charge on any atom is 0.147 e. The lowest BCUT2D eigenvalue weighted by Crippen LogP contribution is -2.22. The van der Waals surface area contributed by atoms with Gasteiger partial charge in [-0.3, -0.25) is 0 Å². The molecule has 100 valence electrons. The molecule has 0 atom stereocenters. The molecule has 0 radical (unpaired) electrons. The largest absolute Gasteiger partial charge is 0.311 e. The lowest BCUT2D eigenvalue weighted by Gasteiger charge is -2.25. The van der Waals surface area contributed by atoms with Gasteiger partial charge in [-0.2, -0.15) is 0 Å². The number of hydrogen-bond acceptors (Lipinski definition) is 3. The number of aromatic nitrogens is 3. The quantitative estimate of drug-likeness (QED) is 0.871. The molecule has 0 spiro atoms. The van der Waals surface area contributed by atoms with E-state index in [9.17, 15) is 0 Å². The van der Waals surface area contributed by atoms with Gasteiger partial charge in [-0.15, -0.1) is 10.2 Å². The van der Waals surface area contributed by atoms with Crippen LogP contribution in [0.25, 0.3) is 0 Å². The molecule has 0 amide bonds. The van der Waals surface area contributed by atoms with E-state index in [0.29, 0.717) is 6.04 Å². The van der Waals surface area contributed by atoms with Gasteiger partial charge in [0.05, 0.1) is 6.54 Å². The minimum absolute atomic E-state index is 0.645. The molecule has 4 nitrogen and oxygen atoms in total. The Morgan fingerprint density at radius 3 is 2.61 bits per heavy atom. The summed E-state index contributed by atoms with van der Waals surface area (Å²) in [5.74, 6) is 3.15. The summed E-state index contributed by atoms with van der Waals surface area (Å²) in [5.41, 5.74) is 0. The number of hydrogen-bond donors (Lipinski definition) is 1. The fourth-order valence-corrected chi connectivity index (χ4v) is 3.06.